The second-order valence-corrected chi connectivity index (χ2v) is 6.74. The molecule has 3 aromatic rings. The Morgan fingerprint density at radius 1 is 1.25 bits per heavy atom. The van der Waals surface area contributed by atoms with Crippen molar-refractivity contribution in [2.24, 2.45) is 0 Å². The maximum atomic E-state index is 13.1. The second-order valence-electron chi connectivity index (χ2n) is 6.74. The number of benzene rings is 1. The van der Waals surface area contributed by atoms with Gasteiger partial charge < -0.3 is 14.7 Å². The van der Waals surface area contributed by atoms with E-state index in [0.717, 1.165) is 23.1 Å². The summed E-state index contributed by atoms with van der Waals surface area (Å²) in [6, 6.07) is 9.13. The van der Waals surface area contributed by atoms with E-state index in [4.69, 9.17) is 4.74 Å². The number of aryl methyl sites for hydroxylation is 1. The number of aromatic nitrogens is 3. The van der Waals surface area contributed by atoms with Crippen molar-refractivity contribution in [3.8, 4) is 22.6 Å². The average Bonchev–Trinajstić information content (AvgIpc) is 3.06. The second kappa shape index (κ2) is 7.72. The van der Waals surface area contributed by atoms with Gasteiger partial charge >= 0.3 is 0 Å². The van der Waals surface area contributed by atoms with Gasteiger partial charge in [-0.05, 0) is 36.2 Å². The fraction of sp³-hybridized carbons (Fsp3) is 0.286. The number of nitrogens with zero attached hydrogens (tertiary/aromatic N) is 4. The molecule has 144 valence electrons. The third-order valence-corrected chi connectivity index (χ3v) is 4.77. The van der Waals surface area contributed by atoms with Crippen LogP contribution in [0.25, 0.3) is 11.1 Å². The number of rotatable bonds is 4. The normalized spacial score (nSPS) is 13.5. The van der Waals surface area contributed by atoms with Crippen LogP contribution < -0.4 is 4.74 Å². The highest BCUT2D eigenvalue weighted by Gasteiger charge is 2.25. The lowest BCUT2D eigenvalue weighted by molar-refractivity contribution is 0.0720. The van der Waals surface area contributed by atoms with Crippen LogP contribution in [0.4, 0.5) is 0 Å². The minimum absolute atomic E-state index is 0.0710. The highest BCUT2D eigenvalue weighted by molar-refractivity contribution is 5.92. The predicted molar refractivity (Wildman–Crippen MR) is 104 cm³/mol. The summed E-state index contributed by atoms with van der Waals surface area (Å²) in [5, 5.41) is 14.7. The number of aromatic hydroxyl groups is 1. The van der Waals surface area contributed by atoms with E-state index >= 15 is 0 Å². The van der Waals surface area contributed by atoms with Gasteiger partial charge in [-0.15, -0.1) is 0 Å². The Labute approximate surface area is 163 Å². The lowest BCUT2D eigenvalue weighted by atomic mass is 10.0. The Hall–Kier alpha value is -3.35. The summed E-state index contributed by atoms with van der Waals surface area (Å²) in [4.78, 5) is 19.0. The van der Waals surface area contributed by atoms with E-state index in [9.17, 15) is 9.90 Å². The third kappa shape index (κ3) is 3.43. The molecule has 4 rings (SSSR count). The van der Waals surface area contributed by atoms with Crippen LogP contribution in [-0.4, -0.2) is 43.8 Å². The number of carbonyl (C=O) groups excluding carboxylic acids is 1. The van der Waals surface area contributed by atoms with Crippen molar-refractivity contribution in [1.82, 2.24) is 19.7 Å². The van der Waals surface area contributed by atoms with Crippen LogP contribution in [0.15, 0.2) is 48.9 Å². The molecule has 0 atom stereocenters. The molecule has 1 amide bonds. The van der Waals surface area contributed by atoms with E-state index in [1.807, 2.05) is 18.2 Å². The quantitative estimate of drug-likeness (QED) is 0.755. The molecule has 0 saturated carbocycles. The number of phenolic OH excluding ortho intramolecular Hbond substituents is 1. The summed E-state index contributed by atoms with van der Waals surface area (Å²) in [5.74, 6) is 0.417. The van der Waals surface area contributed by atoms with Gasteiger partial charge in [0.2, 0.25) is 0 Å². The monoisotopic (exact) mass is 378 g/mol. The van der Waals surface area contributed by atoms with E-state index in [-0.39, 0.29) is 11.7 Å². The van der Waals surface area contributed by atoms with Crippen molar-refractivity contribution in [3.05, 3.63) is 60.2 Å². The summed E-state index contributed by atoms with van der Waals surface area (Å²) in [7, 11) is 0. The number of carbonyl (C=O) groups is 1. The maximum absolute atomic E-state index is 13.1. The van der Waals surface area contributed by atoms with E-state index in [2.05, 4.69) is 17.0 Å². The number of fused-ring (bicyclic) bond motifs is 1. The van der Waals surface area contributed by atoms with E-state index in [1.165, 1.54) is 0 Å². The van der Waals surface area contributed by atoms with Gasteiger partial charge in [-0.25, -0.2) is 0 Å². The number of ether oxygens (including phenoxy) is 1. The smallest absolute Gasteiger partial charge is 0.272 e. The van der Waals surface area contributed by atoms with Gasteiger partial charge in [0, 0.05) is 42.8 Å². The van der Waals surface area contributed by atoms with Crippen LogP contribution in [0.2, 0.25) is 0 Å². The predicted octanol–water partition coefficient (Wildman–Crippen LogP) is 3.10. The Balaban J connectivity index is 1.66. The Kier molecular flexibility index (Phi) is 4.97. The highest BCUT2D eigenvalue weighted by atomic mass is 16.5. The first-order valence-electron chi connectivity index (χ1n) is 9.37. The molecule has 7 nitrogen and oxygen atoms in total. The first-order valence-corrected chi connectivity index (χ1v) is 9.37. The first-order chi connectivity index (χ1) is 13.7. The van der Waals surface area contributed by atoms with E-state index in [0.29, 0.717) is 37.7 Å². The lowest BCUT2D eigenvalue weighted by Crippen LogP contribution is -2.34. The van der Waals surface area contributed by atoms with Crippen molar-refractivity contribution in [3.63, 3.8) is 0 Å². The summed E-state index contributed by atoms with van der Waals surface area (Å²) >= 11 is 0. The van der Waals surface area contributed by atoms with Gasteiger partial charge in [-0.1, -0.05) is 13.0 Å². The number of hydrogen-bond acceptors (Lipinski definition) is 5. The molecule has 0 unspecified atom stereocenters. The number of pyridine rings is 1. The summed E-state index contributed by atoms with van der Waals surface area (Å²) in [6.07, 6.45) is 5.99. The lowest BCUT2D eigenvalue weighted by Gasteiger charge is -2.20. The maximum Gasteiger partial charge on any atom is 0.272 e. The van der Waals surface area contributed by atoms with Crippen LogP contribution in [0.1, 0.15) is 29.4 Å². The largest absolute Gasteiger partial charge is 0.504 e. The highest BCUT2D eigenvalue weighted by Crippen LogP contribution is 2.37. The molecule has 0 saturated heterocycles. The van der Waals surface area contributed by atoms with E-state index < -0.39 is 0 Å². The van der Waals surface area contributed by atoms with Crippen molar-refractivity contribution >= 4 is 5.91 Å². The summed E-state index contributed by atoms with van der Waals surface area (Å²) in [6.45, 7) is 3.86. The summed E-state index contributed by atoms with van der Waals surface area (Å²) < 4.78 is 7.50. The standard InChI is InChI=1S/C21H22N4O3/c1-2-8-25-18(5-7-23-25)21(27)24-9-10-28-20-17(14-24)11-16(12-19(20)26)15-4-3-6-22-13-15/h3-7,11-13,26H,2,8-10,14H2,1H3. The molecule has 7 heteroatoms. The minimum atomic E-state index is -0.0892. The van der Waals surface area contributed by atoms with Gasteiger partial charge in [0.05, 0.1) is 6.54 Å². The van der Waals surface area contributed by atoms with Gasteiger partial charge in [0.25, 0.3) is 5.91 Å². The molecular weight excluding hydrogens is 356 g/mol. The average molecular weight is 378 g/mol. The molecule has 28 heavy (non-hydrogen) atoms. The molecule has 3 heterocycles. The van der Waals surface area contributed by atoms with Gasteiger partial charge in [0.15, 0.2) is 11.5 Å². The van der Waals surface area contributed by atoms with Crippen LogP contribution in [0.3, 0.4) is 0 Å². The fourth-order valence-corrected chi connectivity index (χ4v) is 3.44. The van der Waals surface area contributed by atoms with Crippen LogP contribution >= 0.6 is 0 Å². The molecule has 0 bridgehead atoms. The fourth-order valence-electron chi connectivity index (χ4n) is 3.44. The van der Waals surface area contributed by atoms with Gasteiger partial charge in [-0.3, -0.25) is 14.5 Å². The Morgan fingerprint density at radius 2 is 2.14 bits per heavy atom. The Morgan fingerprint density at radius 3 is 2.93 bits per heavy atom. The SMILES string of the molecule is CCCn1nccc1C(=O)N1CCOc2c(O)cc(-c3cccnc3)cc2C1. The molecular formula is C21H22N4O3. The van der Waals surface area contributed by atoms with Gasteiger partial charge in [-0.2, -0.15) is 5.10 Å². The molecule has 1 aliphatic rings. The molecule has 1 aromatic carbocycles. The molecule has 0 aliphatic carbocycles. The molecule has 0 radical (unpaired) electrons. The van der Waals surface area contributed by atoms with Crippen LogP contribution in [0, 0.1) is 0 Å². The number of amides is 1. The summed E-state index contributed by atoms with van der Waals surface area (Å²) in [5.41, 5.74) is 3.06. The van der Waals surface area contributed by atoms with Crippen molar-refractivity contribution in [2.45, 2.75) is 26.4 Å². The zero-order chi connectivity index (χ0) is 19.5. The van der Waals surface area contributed by atoms with Crippen LogP contribution in [-0.2, 0) is 13.1 Å². The van der Waals surface area contributed by atoms with Crippen molar-refractivity contribution in [2.75, 3.05) is 13.2 Å². The Bertz CT molecular complexity index is 985. The van der Waals surface area contributed by atoms with Gasteiger partial charge in [0.1, 0.15) is 12.3 Å². The zero-order valence-electron chi connectivity index (χ0n) is 15.7. The molecule has 0 spiro atoms. The third-order valence-electron chi connectivity index (χ3n) is 4.77. The van der Waals surface area contributed by atoms with Crippen molar-refractivity contribution < 1.29 is 14.6 Å². The number of hydrogen-bond donors (Lipinski definition) is 1. The van der Waals surface area contributed by atoms with Crippen molar-refractivity contribution in [1.29, 1.82) is 0 Å². The minimum Gasteiger partial charge on any atom is -0.504 e. The molecule has 1 aliphatic heterocycles. The van der Waals surface area contributed by atoms with E-state index in [1.54, 1.807) is 40.3 Å². The first kappa shape index (κ1) is 18.0. The topological polar surface area (TPSA) is 80.5 Å². The molecule has 2 aromatic heterocycles. The zero-order valence-corrected chi connectivity index (χ0v) is 15.7. The molecule has 0 fully saturated rings. The molecule has 1 N–H and O–H groups in total. The van der Waals surface area contributed by atoms with Crippen LogP contribution in [0.5, 0.6) is 11.5 Å². The number of phenols is 1.